The minimum Gasteiger partial charge on any atom is -0.491 e. The minimum absolute atomic E-state index is 0.143. The van der Waals surface area contributed by atoms with Crippen LogP contribution >= 0.6 is 11.3 Å². The van der Waals surface area contributed by atoms with E-state index >= 15 is 0 Å². The number of nitrogens with zero attached hydrogens (tertiary/aromatic N) is 2. The van der Waals surface area contributed by atoms with E-state index in [1.54, 1.807) is 11.5 Å². The number of methoxy groups -OCH3 is 1. The van der Waals surface area contributed by atoms with Gasteiger partial charge in [-0.2, -0.15) is 0 Å². The summed E-state index contributed by atoms with van der Waals surface area (Å²) in [7, 11) is 1.34. The van der Waals surface area contributed by atoms with Gasteiger partial charge in [0.15, 0.2) is 4.80 Å². The van der Waals surface area contributed by atoms with Gasteiger partial charge in [0.05, 0.1) is 35.1 Å². The number of allylic oxidation sites excluding steroid dienone is 1. The largest absolute Gasteiger partial charge is 0.491 e. The Bertz CT molecular complexity index is 1370. The molecular weight excluding hydrogens is 436 g/mol. The highest BCUT2D eigenvalue weighted by atomic mass is 32.1. The van der Waals surface area contributed by atoms with Crippen LogP contribution in [0.2, 0.25) is 0 Å². The number of ether oxygens (including phenoxy) is 2. The van der Waals surface area contributed by atoms with Gasteiger partial charge >= 0.3 is 5.97 Å². The molecule has 2 unspecified atom stereocenters. The number of rotatable bonds is 6. The molecule has 0 radical (unpaired) electrons. The molecule has 33 heavy (non-hydrogen) atoms. The average Bonchev–Trinajstić information content (AvgIpc) is 3.13. The molecule has 170 valence electrons. The predicted octanol–water partition coefficient (Wildman–Crippen LogP) is 3.59. The maximum Gasteiger partial charge on any atom is 0.338 e. The van der Waals surface area contributed by atoms with Crippen molar-refractivity contribution in [1.82, 2.24) is 4.57 Å². The van der Waals surface area contributed by atoms with Crippen molar-refractivity contribution in [3.8, 4) is 5.75 Å². The molecule has 4 rings (SSSR count). The van der Waals surface area contributed by atoms with Gasteiger partial charge in [-0.25, -0.2) is 9.79 Å². The predicted molar refractivity (Wildman–Crippen MR) is 129 cm³/mol. The van der Waals surface area contributed by atoms with E-state index in [0.717, 1.165) is 23.3 Å². The molecule has 0 N–H and O–H groups in total. The third-order valence-corrected chi connectivity index (χ3v) is 6.62. The molecule has 1 aliphatic rings. The highest BCUT2D eigenvalue weighted by Gasteiger charge is 2.32. The van der Waals surface area contributed by atoms with Crippen LogP contribution in [0.4, 0.5) is 0 Å². The van der Waals surface area contributed by atoms with Gasteiger partial charge in [-0.3, -0.25) is 9.36 Å². The van der Waals surface area contributed by atoms with Crippen LogP contribution in [0.5, 0.6) is 5.75 Å². The van der Waals surface area contributed by atoms with E-state index in [-0.39, 0.29) is 11.7 Å². The SMILES string of the molecule is CCC(C)Oc1ccc(C=c2sc3n(c2=O)C(c2ccccc2)C(C(=O)OC)=C(C)N=3)cc1. The van der Waals surface area contributed by atoms with Crippen molar-refractivity contribution >= 4 is 23.4 Å². The molecule has 0 spiro atoms. The number of hydrogen-bond donors (Lipinski definition) is 0. The van der Waals surface area contributed by atoms with Gasteiger partial charge in [0.2, 0.25) is 0 Å². The number of hydrogen-bond acceptors (Lipinski definition) is 6. The van der Waals surface area contributed by atoms with E-state index in [9.17, 15) is 9.59 Å². The van der Waals surface area contributed by atoms with Gasteiger partial charge in [-0.1, -0.05) is 60.7 Å². The van der Waals surface area contributed by atoms with Crippen LogP contribution in [-0.4, -0.2) is 23.8 Å². The van der Waals surface area contributed by atoms with Gasteiger partial charge in [0, 0.05) is 0 Å². The van der Waals surface area contributed by atoms with Crippen LogP contribution in [0.3, 0.4) is 0 Å². The molecule has 0 saturated heterocycles. The van der Waals surface area contributed by atoms with Crippen LogP contribution in [-0.2, 0) is 9.53 Å². The Kier molecular flexibility index (Phi) is 6.60. The molecular formula is C26H26N2O4S. The second-order valence-electron chi connectivity index (χ2n) is 7.89. The summed E-state index contributed by atoms with van der Waals surface area (Å²) in [6, 6.07) is 16.5. The fourth-order valence-corrected chi connectivity index (χ4v) is 4.80. The fraction of sp³-hybridized carbons (Fsp3) is 0.269. The Balaban J connectivity index is 1.81. The van der Waals surface area contributed by atoms with E-state index in [0.29, 0.717) is 20.6 Å². The van der Waals surface area contributed by atoms with Gasteiger partial charge in [0.25, 0.3) is 5.56 Å². The fourth-order valence-electron chi connectivity index (χ4n) is 3.75. The summed E-state index contributed by atoms with van der Waals surface area (Å²) >= 11 is 1.31. The van der Waals surface area contributed by atoms with E-state index in [2.05, 4.69) is 11.9 Å². The summed E-state index contributed by atoms with van der Waals surface area (Å²) in [4.78, 5) is 31.3. The lowest BCUT2D eigenvalue weighted by Crippen LogP contribution is -2.39. The lowest BCUT2D eigenvalue weighted by Gasteiger charge is -2.24. The quantitative estimate of drug-likeness (QED) is 0.525. The van der Waals surface area contributed by atoms with Crippen molar-refractivity contribution in [2.75, 3.05) is 7.11 Å². The van der Waals surface area contributed by atoms with Crippen molar-refractivity contribution < 1.29 is 14.3 Å². The minimum atomic E-state index is -0.594. The van der Waals surface area contributed by atoms with Crippen LogP contribution in [0, 0.1) is 0 Å². The number of carbonyl (C=O) groups is 1. The Hall–Kier alpha value is -3.45. The molecule has 0 fully saturated rings. The molecule has 0 saturated carbocycles. The molecule has 2 heterocycles. The maximum atomic E-state index is 13.5. The summed E-state index contributed by atoms with van der Waals surface area (Å²) in [5.41, 5.74) is 2.44. The van der Waals surface area contributed by atoms with Gasteiger partial charge in [-0.05, 0) is 49.6 Å². The second-order valence-corrected chi connectivity index (χ2v) is 8.90. The van der Waals surface area contributed by atoms with Crippen LogP contribution < -0.4 is 19.6 Å². The molecule has 2 aromatic carbocycles. The normalized spacial score (nSPS) is 16.7. The molecule has 0 amide bonds. The van der Waals surface area contributed by atoms with Crippen molar-refractivity contribution in [3.05, 3.63) is 96.7 Å². The lowest BCUT2D eigenvalue weighted by molar-refractivity contribution is -0.136. The van der Waals surface area contributed by atoms with E-state index in [1.807, 2.05) is 67.6 Å². The summed E-state index contributed by atoms with van der Waals surface area (Å²) in [5.74, 6) is 0.307. The molecule has 2 atom stereocenters. The standard InChI is InChI=1S/C26H26N2O4S/c1-5-16(2)32-20-13-11-18(12-14-20)15-21-24(29)28-23(19-9-7-6-8-10-19)22(25(30)31-4)17(3)27-26(28)33-21/h6-16,23H,5H2,1-4H3. The Morgan fingerprint density at radius 1 is 1.18 bits per heavy atom. The van der Waals surface area contributed by atoms with Crippen molar-refractivity contribution in [2.24, 2.45) is 4.99 Å². The number of benzene rings is 2. The maximum absolute atomic E-state index is 13.5. The molecule has 0 bridgehead atoms. The topological polar surface area (TPSA) is 69.9 Å². The molecule has 6 nitrogen and oxygen atoms in total. The zero-order chi connectivity index (χ0) is 23.5. The first-order valence-corrected chi connectivity index (χ1v) is 11.7. The first kappa shape index (κ1) is 22.7. The summed E-state index contributed by atoms with van der Waals surface area (Å²) in [6.07, 6.45) is 2.92. The second kappa shape index (κ2) is 9.58. The summed E-state index contributed by atoms with van der Waals surface area (Å²) < 4.78 is 13.0. The van der Waals surface area contributed by atoms with Crippen molar-refractivity contribution in [3.63, 3.8) is 0 Å². The van der Waals surface area contributed by atoms with Crippen LogP contribution in [0.25, 0.3) is 6.08 Å². The van der Waals surface area contributed by atoms with E-state index in [4.69, 9.17) is 9.47 Å². The molecule has 0 aliphatic carbocycles. The zero-order valence-corrected chi connectivity index (χ0v) is 19.9. The lowest BCUT2D eigenvalue weighted by atomic mass is 9.96. The molecule has 3 aromatic rings. The van der Waals surface area contributed by atoms with Crippen molar-refractivity contribution in [2.45, 2.75) is 39.3 Å². The van der Waals surface area contributed by atoms with E-state index in [1.165, 1.54) is 18.4 Å². The summed E-state index contributed by atoms with van der Waals surface area (Å²) in [5, 5.41) is 0. The number of esters is 1. The van der Waals surface area contributed by atoms with Gasteiger partial charge in [-0.15, -0.1) is 0 Å². The molecule has 1 aliphatic heterocycles. The highest BCUT2D eigenvalue weighted by Crippen LogP contribution is 2.30. The average molecular weight is 463 g/mol. The van der Waals surface area contributed by atoms with Crippen molar-refractivity contribution in [1.29, 1.82) is 0 Å². The number of fused-ring (bicyclic) bond motifs is 1. The third-order valence-electron chi connectivity index (χ3n) is 5.63. The first-order chi connectivity index (χ1) is 15.9. The molecule has 7 heteroatoms. The van der Waals surface area contributed by atoms with Crippen LogP contribution in [0.1, 0.15) is 44.4 Å². The van der Waals surface area contributed by atoms with Crippen LogP contribution in [0.15, 0.2) is 75.7 Å². The third kappa shape index (κ3) is 4.54. The first-order valence-electron chi connectivity index (χ1n) is 10.9. The smallest absolute Gasteiger partial charge is 0.338 e. The number of carbonyl (C=O) groups excluding carboxylic acids is 1. The Morgan fingerprint density at radius 3 is 2.52 bits per heavy atom. The monoisotopic (exact) mass is 462 g/mol. The zero-order valence-electron chi connectivity index (χ0n) is 19.1. The van der Waals surface area contributed by atoms with Gasteiger partial charge in [0.1, 0.15) is 5.75 Å². The highest BCUT2D eigenvalue weighted by molar-refractivity contribution is 7.07. The van der Waals surface area contributed by atoms with Gasteiger partial charge < -0.3 is 9.47 Å². The summed E-state index contributed by atoms with van der Waals surface area (Å²) in [6.45, 7) is 5.88. The Morgan fingerprint density at radius 2 is 1.88 bits per heavy atom. The van der Waals surface area contributed by atoms with E-state index < -0.39 is 12.0 Å². The molecule has 1 aromatic heterocycles. The number of aromatic nitrogens is 1. The number of thiazole rings is 1. The Labute approximate surface area is 196 Å².